The van der Waals surface area contributed by atoms with Crippen LogP contribution in [0.1, 0.15) is 22.2 Å². The molecule has 1 unspecified atom stereocenters. The molecule has 26 heavy (non-hydrogen) atoms. The number of nitro groups is 1. The maximum Gasteiger partial charge on any atom is 0.293 e. The summed E-state index contributed by atoms with van der Waals surface area (Å²) in [5.74, 6) is -0.181. The third-order valence-corrected chi connectivity index (χ3v) is 4.59. The Morgan fingerprint density at radius 2 is 2.00 bits per heavy atom. The Bertz CT molecular complexity index is 967. The molecule has 3 aromatic rings. The minimum atomic E-state index is -0.451. The fourth-order valence-electron chi connectivity index (χ4n) is 3.28. The average Bonchev–Trinajstić information content (AvgIpc) is 3.12. The number of benzene rings is 2. The highest BCUT2D eigenvalue weighted by Crippen LogP contribution is 2.27. The number of carbonyl (C=O) groups is 1. The monoisotopic (exact) mass is 351 g/mol. The topological polar surface area (TPSA) is 88.5 Å². The third-order valence-electron chi connectivity index (χ3n) is 4.59. The molecule has 0 radical (unpaired) electrons. The lowest BCUT2D eigenvalue weighted by Gasteiger charge is -2.33. The first-order valence-corrected chi connectivity index (χ1v) is 8.35. The molecule has 1 aromatic heterocycles. The summed E-state index contributed by atoms with van der Waals surface area (Å²) in [6.45, 7) is 1.38. The van der Waals surface area contributed by atoms with Gasteiger partial charge in [-0.1, -0.05) is 42.5 Å². The molecule has 4 rings (SSSR count). The number of fused-ring (bicyclic) bond motifs is 1. The van der Waals surface area contributed by atoms with E-state index >= 15 is 0 Å². The van der Waals surface area contributed by atoms with E-state index in [9.17, 15) is 14.9 Å². The summed E-state index contributed by atoms with van der Waals surface area (Å²) in [5.41, 5.74) is 1.71. The maximum atomic E-state index is 12.9. The SMILES string of the molecule is O=C(c1cc2cccc([N+](=O)[O-])c2[nH]1)N1CCOC(c2ccccc2)C1. The average molecular weight is 351 g/mol. The molecule has 1 saturated heterocycles. The third kappa shape index (κ3) is 2.93. The summed E-state index contributed by atoms with van der Waals surface area (Å²) in [7, 11) is 0. The standard InChI is InChI=1S/C19H17N3O4/c23-19(15-11-14-7-4-8-16(22(24)25)18(14)20-15)21-9-10-26-17(12-21)13-5-2-1-3-6-13/h1-8,11,17,20H,9-10,12H2. The van der Waals surface area contributed by atoms with Crippen molar-refractivity contribution in [1.29, 1.82) is 0 Å². The van der Waals surface area contributed by atoms with E-state index in [1.165, 1.54) is 6.07 Å². The highest BCUT2D eigenvalue weighted by molar-refractivity contribution is 6.00. The molecular weight excluding hydrogens is 334 g/mol. The Morgan fingerprint density at radius 1 is 1.19 bits per heavy atom. The molecule has 2 aromatic carbocycles. The molecule has 0 saturated carbocycles. The van der Waals surface area contributed by atoms with Crippen molar-refractivity contribution >= 4 is 22.5 Å². The number of nitrogens with one attached hydrogen (secondary N) is 1. The number of para-hydroxylation sites is 1. The molecule has 1 N–H and O–H groups in total. The first kappa shape index (κ1) is 16.3. The van der Waals surface area contributed by atoms with Gasteiger partial charge in [0.15, 0.2) is 0 Å². The second-order valence-electron chi connectivity index (χ2n) is 6.20. The number of nitro benzene ring substituents is 1. The summed E-state index contributed by atoms with van der Waals surface area (Å²) < 4.78 is 5.80. The Labute approximate surface area is 149 Å². The minimum Gasteiger partial charge on any atom is -0.370 e. The van der Waals surface area contributed by atoms with E-state index < -0.39 is 4.92 Å². The van der Waals surface area contributed by atoms with E-state index in [0.29, 0.717) is 36.3 Å². The zero-order chi connectivity index (χ0) is 18.1. The largest absolute Gasteiger partial charge is 0.370 e. The van der Waals surface area contributed by atoms with Gasteiger partial charge in [-0.15, -0.1) is 0 Å². The Balaban J connectivity index is 1.60. The predicted molar refractivity (Wildman–Crippen MR) is 96.0 cm³/mol. The normalized spacial score (nSPS) is 17.4. The van der Waals surface area contributed by atoms with E-state index in [0.717, 1.165) is 5.56 Å². The van der Waals surface area contributed by atoms with E-state index in [-0.39, 0.29) is 17.7 Å². The van der Waals surface area contributed by atoms with Gasteiger partial charge < -0.3 is 14.6 Å². The van der Waals surface area contributed by atoms with Crippen LogP contribution < -0.4 is 0 Å². The second-order valence-corrected chi connectivity index (χ2v) is 6.20. The minimum absolute atomic E-state index is 0.0364. The lowest BCUT2D eigenvalue weighted by atomic mass is 10.1. The van der Waals surface area contributed by atoms with Crippen LogP contribution in [0.2, 0.25) is 0 Å². The molecule has 0 aliphatic carbocycles. The fraction of sp³-hybridized carbons (Fsp3) is 0.211. The zero-order valence-corrected chi connectivity index (χ0v) is 13.9. The zero-order valence-electron chi connectivity index (χ0n) is 13.9. The molecule has 1 atom stereocenters. The lowest BCUT2D eigenvalue weighted by Crippen LogP contribution is -2.42. The molecule has 7 nitrogen and oxygen atoms in total. The number of aromatic nitrogens is 1. The van der Waals surface area contributed by atoms with Crippen LogP contribution in [0.4, 0.5) is 5.69 Å². The van der Waals surface area contributed by atoms with Crippen LogP contribution >= 0.6 is 0 Å². The van der Waals surface area contributed by atoms with E-state index in [1.807, 2.05) is 30.3 Å². The van der Waals surface area contributed by atoms with Crippen LogP contribution in [0.5, 0.6) is 0 Å². The number of aromatic amines is 1. The van der Waals surface area contributed by atoms with Crippen LogP contribution in [0, 0.1) is 10.1 Å². The number of H-pyrrole nitrogens is 1. The summed E-state index contributed by atoms with van der Waals surface area (Å²) in [6, 6.07) is 16.2. The number of carbonyl (C=O) groups excluding carboxylic acids is 1. The molecule has 2 heterocycles. The lowest BCUT2D eigenvalue weighted by molar-refractivity contribution is -0.383. The Morgan fingerprint density at radius 3 is 2.77 bits per heavy atom. The molecule has 1 amide bonds. The summed E-state index contributed by atoms with van der Waals surface area (Å²) >= 11 is 0. The number of amides is 1. The van der Waals surface area contributed by atoms with Gasteiger partial charge in [0.25, 0.3) is 11.6 Å². The highest BCUT2D eigenvalue weighted by atomic mass is 16.6. The van der Waals surface area contributed by atoms with Crippen LogP contribution in [0.3, 0.4) is 0 Å². The van der Waals surface area contributed by atoms with Crippen molar-refractivity contribution in [2.45, 2.75) is 6.10 Å². The Kier molecular flexibility index (Phi) is 4.14. The van der Waals surface area contributed by atoms with Gasteiger partial charge in [0, 0.05) is 18.0 Å². The van der Waals surface area contributed by atoms with Crippen LogP contribution in [0.25, 0.3) is 10.9 Å². The van der Waals surface area contributed by atoms with Gasteiger partial charge in [0.2, 0.25) is 0 Å². The van der Waals surface area contributed by atoms with Crippen molar-refractivity contribution in [2.24, 2.45) is 0 Å². The maximum absolute atomic E-state index is 12.9. The number of morpholine rings is 1. The van der Waals surface area contributed by atoms with Gasteiger partial charge in [-0.2, -0.15) is 0 Å². The number of non-ortho nitro benzene ring substituents is 1. The fourth-order valence-corrected chi connectivity index (χ4v) is 3.28. The number of ether oxygens (including phenoxy) is 1. The smallest absolute Gasteiger partial charge is 0.293 e. The summed E-state index contributed by atoms with van der Waals surface area (Å²) in [6.07, 6.45) is -0.174. The van der Waals surface area contributed by atoms with Crippen molar-refractivity contribution in [2.75, 3.05) is 19.7 Å². The molecule has 1 aliphatic rings. The summed E-state index contributed by atoms with van der Waals surface area (Å²) in [5, 5.41) is 11.8. The second kappa shape index (κ2) is 6.61. The van der Waals surface area contributed by atoms with Gasteiger partial charge in [-0.3, -0.25) is 14.9 Å². The van der Waals surface area contributed by atoms with Crippen molar-refractivity contribution in [3.8, 4) is 0 Å². The van der Waals surface area contributed by atoms with E-state index in [4.69, 9.17) is 4.74 Å². The van der Waals surface area contributed by atoms with Gasteiger partial charge in [-0.05, 0) is 11.6 Å². The number of rotatable bonds is 3. The number of hydrogen-bond acceptors (Lipinski definition) is 4. The van der Waals surface area contributed by atoms with Crippen molar-refractivity contribution in [3.05, 3.63) is 76.0 Å². The van der Waals surface area contributed by atoms with Crippen molar-refractivity contribution in [1.82, 2.24) is 9.88 Å². The van der Waals surface area contributed by atoms with Gasteiger partial charge in [0.1, 0.15) is 17.3 Å². The molecule has 0 spiro atoms. The Hall–Kier alpha value is -3.19. The van der Waals surface area contributed by atoms with Gasteiger partial charge in [-0.25, -0.2) is 0 Å². The van der Waals surface area contributed by atoms with Crippen molar-refractivity contribution < 1.29 is 14.5 Å². The first-order chi connectivity index (χ1) is 12.6. The van der Waals surface area contributed by atoms with Gasteiger partial charge in [0.05, 0.1) is 18.1 Å². The van der Waals surface area contributed by atoms with Gasteiger partial charge >= 0.3 is 0 Å². The van der Waals surface area contributed by atoms with Crippen molar-refractivity contribution in [3.63, 3.8) is 0 Å². The van der Waals surface area contributed by atoms with Crippen LogP contribution in [-0.4, -0.2) is 40.4 Å². The molecule has 1 aliphatic heterocycles. The summed E-state index contributed by atoms with van der Waals surface area (Å²) in [4.78, 5) is 28.3. The van der Waals surface area contributed by atoms with Crippen LogP contribution in [0.15, 0.2) is 54.6 Å². The molecular formula is C19H17N3O4. The first-order valence-electron chi connectivity index (χ1n) is 8.35. The van der Waals surface area contributed by atoms with E-state index in [2.05, 4.69) is 4.98 Å². The quantitative estimate of drug-likeness (QED) is 0.579. The number of hydrogen-bond donors (Lipinski definition) is 1. The molecule has 132 valence electrons. The highest BCUT2D eigenvalue weighted by Gasteiger charge is 2.27. The predicted octanol–water partition coefficient (Wildman–Crippen LogP) is 3.29. The van der Waals surface area contributed by atoms with Crippen LogP contribution in [-0.2, 0) is 4.74 Å². The van der Waals surface area contributed by atoms with E-state index in [1.54, 1.807) is 23.1 Å². The number of nitrogens with zero attached hydrogens (tertiary/aromatic N) is 2. The molecule has 7 heteroatoms. The molecule has 1 fully saturated rings. The molecule has 0 bridgehead atoms.